The van der Waals surface area contributed by atoms with E-state index in [1.165, 1.54) is 24.3 Å². The van der Waals surface area contributed by atoms with Crippen molar-refractivity contribution in [2.45, 2.75) is 23.6 Å². The molecular weight excluding hydrogens is 532 g/mol. The minimum Gasteiger partial charge on any atom is -0.379 e. The van der Waals surface area contributed by atoms with Gasteiger partial charge in [0.05, 0.1) is 5.57 Å². The zero-order valence-corrected chi connectivity index (χ0v) is 22.1. The van der Waals surface area contributed by atoms with Gasteiger partial charge in [-0.05, 0) is 73.5 Å². The molecule has 1 aliphatic rings. The topological polar surface area (TPSA) is 123 Å². The quantitative estimate of drug-likeness (QED) is 0.219. The SMILES string of the molecule is Cc1ccc(S(=O)(=O)Oc2ccc(S(=O)(=O)ON=C3C=C/C(=C(/C#N)c4ccccc4C)S3)cc2)cc1. The number of allylic oxidation sites excluding steroid dienone is 2. The highest BCUT2D eigenvalue weighted by atomic mass is 32.2. The molecular formula is C26H20N2O6S3. The van der Waals surface area contributed by atoms with Gasteiger partial charge in [0.25, 0.3) is 0 Å². The van der Waals surface area contributed by atoms with Gasteiger partial charge in [-0.25, -0.2) is 0 Å². The van der Waals surface area contributed by atoms with Crippen LogP contribution < -0.4 is 4.18 Å². The van der Waals surface area contributed by atoms with E-state index in [2.05, 4.69) is 11.2 Å². The van der Waals surface area contributed by atoms with Crippen molar-refractivity contribution in [3.63, 3.8) is 0 Å². The van der Waals surface area contributed by atoms with Crippen LogP contribution in [0.5, 0.6) is 5.75 Å². The third kappa shape index (κ3) is 6.11. The van der Waals surface area contributed by atoms with Gasteiger partial charge >= 0.3 is 20.2 Å². The molecule has 0 spiro atoms. The van der Waals surface area contributed by atoms with Crippen LogP contribution in [0.3, 0.4) is 0 Å². The predicted octanol–water partition coefficient (Wildman–Crippen LogP) is 5.33. The maximum Gasteiger partial charge on any atom is 0.358 e. The zero-order valence-electron chi connectivity index (χ0n) is 19.7. The summed E-state index contributed by atoms with van der Waals surface area (Å²) in [5.74, 6) is -0.0601. The van der Waals surface area contributed by atoms with E-state index in [9.17, 15) is 22.1 Å². The van der Waals surface area contributed by atoms with Gasteiger partial charge in [-0.2, -0.15) is 22.1 Å². The van der Waals surface area contributed by atoms with Gasteiger partial charge in [0.1, 0.15) is 26.7 Å². The Morgan fingerprint density at radius 2 is 1.46 bits per heavy atom. The second kappa shape index (κ2) is 10.6. The molecule has 8 nitrogen and oxygen atoms in total. The fourth-order valence-corrected chi connectivity index (χ4v) is 5.82. The van der Waals surface area contributed by atoms with Gasteiger partial charge in [-0.15, -0.1) is 0 Å². The maximum absolute atomic E-state index is 12.6. The lowest BCUT2D eigenvalue weighted by Gasteiger charge is -2.08. The van der Waals surface area contributed by atoms with Crippen LogP contribution in [-0.2, 0) is 24.5 Å². The first-order valence-corrected chi connectivity index (χ1v) is 14.4. The van der Waals surface area contributed by atoms with Crippen LogP contribution >= 0.6 is 11.8 Å². The van der Waals surface area contributed by atoms with E-state index in [0.29, 0.717) is 10.5 Å². The molecule has 0 unspecified atom stereocenters. The standard InChI is InChI=1S/C26H20N2O6S3/c1-18-7-11-21(12-8-18)36(29,30)33-20-9-13-22(14-10-20)37(31,32)34-28-26-16-15-25(35-26)24(17-27)23-6-4-3-5-19(23)2/h3-16H,1-2H3/b25-24+,28-26?. The van der Waals surface area contributed by atoms with Gasteiger partial charge in [0.15, 0.2) is 0 Å². The third-order valence-corrected chi connectivity index (χ3v) is 8.58. The molecule has 0 N–H and O–H groups in total. The molecule has 0 atom stereocenters. The Morgan fingerprint density at radius 3 is 2.11 bits per heavy atom. The molecule has 4 rings (SSSR count). The van der Waals surface area contributed by atoms with Gasteiger partial charge in [0, 0.05) is 4.91 Å². The van der Waals surface area contributed by atoms with Crippen LogP contribution in [0, 0.1) is 25.2 Å². The van der Waals surface area contributed by atoms with Crippen molar-refractivity contribution in [3.05, 3.63) is 107 Å². The summed E-state index contributed by atoms with van der Waals surface area (Å²) in [6.45, 7) is 3.73. The lowest BCUT2D eigenvalue weighted by atomic mass is 10.0. The number of rotatable bonds is 7. The number of hydrogen-bond acceptors (Lipinski definition) is 9. The molecule has 0 amide bonds. The van der Waals surface area contributed by atoms with Crippen molar-refractivity contribution < 1.29 is 25.3 Å². The van der Waals surface area contributed by atoms with Gasteiger partial charge in [-0.3, -0.25) is 4.28 Å². The van der Waals surface area contributed by atoms with Crippen LogP contribution in [0.2, 0.25) is 0 Å². The van der Waals surface area contributed by atoms with Crippen molar-refractivity contribution >= 4 is 42.6 Å². The molecule has 0 saturated carbocycles. The molecule has 0 aliphatic carbocycles. The van der Waals surface area contributed by atoms with Crippen molar-refractivity contribution in [3.8, 4) is 11.8 Å². The van der Waals surface area contributed by atoms with Gasteiger partial charge in [-0.1, -0.05) is 58.9 Å². The molecule has 3 aromatic carbocycles. The number of thioether (sulfide) groups is 1. The maximum atomic E-state index is 12.6. The molecule has 0 radical (unpaired) electrons. The number of nitriles is 1. The number of nitrogens with zero attached hydrogens (tertiary/aromatic N) is 2. The minimum atomic E-state index is -4.29. The Morgan fingerprint density at radius 1 is 0.838 bits per heavy atom. The number of hydrogen-bond donors (Lipinski definition) is 0. The summed E-state index contributed by atoms with van der Waals surface area (Å²) >= 11 is 1.11. The summed E-state index contributed by atoms with van der Waals surface area (Å²) in [5.41, 5.74) is 3.05. The van der Waals surface area contributed by atoms with Gasteiger partial charge < -0.3 is 4.18 Å². The third-order valence-electron chi connectivity index (χ3n) is 5.22. The number of benzene rings is 3. The van der Waals surface area contributed by atoms with Crippen molar-refractivity contribution in [2.75, 3.05) is 0 Å². The van der Waals surface area contributed by atoms with Crippen molar-refractivity contribution in [2.24, 2.45) is 5.16 Å². The second-order valence-corrected chi connectivity index (χ2v) is 12.0. The van der Waals surface area contributed by atoms with Crippen LogP contribution in [-0.4, -0.2) is 21.9 Å². The first-order chi connectivity index (χ1) is 17.6. The van der Waals surface area contributed by atoms with E-state index < -0.39 is 20.2 Å². The first-order valence-electron chi connectivity index (χ1n) is 10.8. The molecule has 0 aromatic heterocycles. The highest BCUT2D eigenvalue weighted by molar-refractivity contribution is 8.18. The molecule has 3 aromatic rings. The van der Waals surface area contributed by atoms with E-state index >= 15 is 0 Å². The monoisotopic (exact) mass is 552 g/mol. The Balaban J connectivity index is 1.46. The fraction of sp³-hybridized carbons (Fsp3) is 0.0769. The lowest BCUT2D eigenvalue weighted by Crippen LogP contribution is -2.10. The van der Waals surface area contributed by atoms with E-state index in [-0.39, 0.29) is 20.6 Å². The summed E-state index contributed by atoms with van der Waals surface area (Å²) in [4.78, 5) is 0.358. The molecule has 1 aliphatic heterocycles. The summed E-state index contributed by atoms with van der Waals surface area (Å²) in [7, 11) is -8.37. The molecule has 1 heterocycles. The lowest BCUT2D eigenvalue weighted by molar-refractivity contribution is 0.340. The Bertz CT molecular complexity index is 1680. The number of oxime groups is 1. The largest absolute Gasteiger partial charge is 0.379 e. The van der Waals surface area contributed by atoms with E-state index in [1.807, 2.05) is 38.1 Å². The Labute approximate surface area is 219 Å². The van der Waals surface area contributed by atoms with Crippen LogP contribution in [0.15, 0.2) is 105 Å². The molecule has 0 fully saturated rings. The van der Waals surface area contributed by atoms with E-state index in [0.717, 1.165) is 40.6 Å². The van der Waals surface area contributed by atoms with E-state index in [1.54, 1.807) is 24.3 Å². The van der Waals surface area contributed by atoms with Crippen LogP contribution in [0.25, 0.3) is 5.57 Å². The highest BCUT2D eigenvalue weighted by Gasteiger charge is 2.21. The Kier molecular flexibility index (Phi) is 7.54. The molecule has 0 bridgehead atoms. The first kappa shape index (κ1) is 26.2. The summed E-state index contributed by atoms with van der Waals surface area (Å²) in [6, 6.07) is 20.5. The summed E-state index contributed by atoms with van der Waals surface area (Å²) < 4.78 is 60.0. The molecule has 11 heteroatoms. The zero-order chi connectivity index (χ0) is 26.6. The second-order valence-electron chi connectivity index (χ2n) is 7.88. The normalized spacial score (nSPS) is 15.9. The Hall–Kier alpha value is -3.85. The highest BCUT2D eigenvalue weighted by Crippen LogP contribution is 2.35. The fourth-order valence-electron chi connectivity index (χ4n) is 3.28. The minimum absolute atomic E-state index is 0.0218. The van der Waals surface area contributed by atoms with E-state index in [4.69, 9.17) is 8.47 Å². The number of aryl methyl sites for hydroxylation is 2. The van der Waals surface area contributed by atoms with Crippen LogP contribution in [0.1, 0.15) is 16.7 Å². The van der Waals surface area contributed by atoms with Crippen molar-refractivity contribution in [1.82, 2.24) is 0 Å². The average Bonchev–Trinajstić information content (AvgIpc) is 3.34. The van der Waals surface area contributed by atoms with Crippen LogP contribution in [0.4, 0.5) is 0 Å². The molecule has 0 saturated heterocycles. The molecule has 37 heavy (non-hydrogen) atoms. The van der Waals surface area contributed by atoms with Gasteiger partial charge in [0.2, 0.25) is 0 Å². The average molecular weight is 553 g/mol. The summed E-state index contributed by atoms with van der Waals surface area (Å²) in [6.07, 6.45) is 3.23. The molecule has 188 valence electrons. The summed E-state index contributed by atoms with van der Waals surface area (Å²) in [5, 5.41) is 13.6. The predicted molar refractivity (Wildman–Crippen MR) is 142 cm³/mol. The van der Waals surface area contributed by atoms with Crippen molar-refractivity contribution in [1.29, 1.82) is 5.26 Å². The smallest absolute Gasteiger partial charge is 0.358 e.